The van der Waals surface area contributed by atoms with Crippen LogP contribution in [0, 0.1) is 6.92 Å². The van der Waals surface area contributed by atoms with Gasteiger partial charge < -0.3 is 4.74 Å². The van der Waals surface area contributed by atoms with Gasteiger partial charge in [0.25, 0.3) is 11.8 Å². The number of anilines is 1. The summed E-state index contributed by atoms with van der Waals surface area (Å²) in [6.07, 6.45) is 0. The molecule has 2 aromatic rings. The van der Waals surface area contributed by atoms with Gasteiger partial charge in [-0.3, -0.25) is 29.0 Å². The standard InChI is InChI=1S/C21H22N2O5S/c1-13-9-10-29-20(13)22(12-17(25)28-21(2,3)4)16(24)11-23-18(26)14-7-5-6-8-15(14)19(23)27/h5-10H,11-12H2,1-4H3. The Morgan fingerprint density at radius 2 is 1.66 bits per heavy atom. The SMILES string of the molecule is Cc1ccsc1N(CC(=O)OC(C)(C)C)C(=O)CN1C(=O)c2ccccc2C1=O. The number of carbonyl (C=O) groups excluding carboxylic acids is 4. The first-order valence-corrected chi connectivity index (χ1v) is 9.98. The van der Waals surface area contributed by atoms with Crippen LogP contribution in [0.3, 0.4) is 0 Å². The molecule has 29 heavy (non-hydrogen) atoms. The van der Waals surface area contributed by atoms with Crippen molar-refractivity contribution in [1.29, 1.82) is 0 Å². The summed E-state index contributed by atoms with van der Waals surface area (Å²) in [7, 11) is 0. The van der Waals surface area contributed by atoms with Crippen LogP contribution in [0.1, 0.15) is 47.1 Å². The number of ether oxygens (including phenoxy) is 1. The van der Waals surface area contributed by atoms with Gasteiger partial charge in [0.2, 0.25) is 5.91 Å². The molecule has 8 heteroatoms. The lowest BCUT2D eigenvalue weighted by Gasteiger charge is -2.26. The number of benzene rings is 1. The summed E-state index contributed by atoms with van der Waals surface area (Å²) in [5, 5.41) is 2.39. The molecule has 0 aliphatic carbocycles. The van der Waals surface area contributed by atoms with Gasteiger partial charge in [-0.25, -0.2) is 0 Å². The fourth-order valence-electron chi connectivity index (χ4n) is 3.02. The maximum absolute atomic E-state index is 13.1. The molecular weight excluding hydrogens is 392 g/mol. The second-order valence-corrected chi connectivity index (χ2v) is 8.61. The number of esters is 1. The van der Waals surface area contributed by atoms with Crippen molar-refractivity contribution in [2.75, 3.05) is 18.0 Å². The lowest BCUT2D eigenvalue weighted by atomic mass is 10.1. The average molecular weight is 414 g/mol. The van der Waals surface area contributed by atoms with Gasteiger partial charge in [-0.2, -0.15) is 0 Å². The molecule has 152 valence electrons. The molecule has 7 nitrogen and oxygen atoms in total. The van der Waals surface area contributed by atoms with Crippen molar-refractivity contribution in [2.24, 2.45) is 0 Å². The number of carbonyl (C=O) groups is 4. The molecule has 0 saturated heterocycles. The number of thiophene rings is 1. The monoisotopic (exact) mass is 414 g/mol. The summed E-state index contributed by atoms with van der Waals surface area (Å²) in [4.78, 5) is 52.8. The van der Waals surface area contributed by atoms with Crippen LogP contribution in [0.15, 0.2) is 35.7 Å². The van der Waals surface area contributed by atoms with Crippen molar-refractivity contribution in [3.63, 3.8) is 0 Å². The van der Waals surface area contributed by atoms with E-state index in [-0.39, 0.29) is 17.7 Å². The van der Waals surface area contributed by atoms with E-state index in [1.807, 2.05) is 18.4 Å². The van der Waals surface area contributed by atoms with Crippen LogP contribution in [0.4, 0.5) is 5.00 Å². The fraction of sp³-hybridized carbons (Fsp3) is 0.333. The largest absolute Gasteiger partial charge is 0.459 e. The van der Waals surface area contributed by atoms with E-state index < -0.39 is 35.8 Å². The maximum Gasteiger partial charge on any atom is 0.326 e. The Kier molecular flexibility index (Phi) is 5.57. The van der Waals surface area contributed by atoms with Crippen LogP contribution >= 0.6 is 11.3 Å². The Hall–Kier alpha value is -3.00. The molecule has 0 spiro atoms. The van der Waals surface area contributed by atoms with E-state index in [0.717, 1.165) is 10.5 Å². The van der Waals surface area contributed by atoms with Crippen molar-refractivity contribution < 1.29 is 23.9 Å². The van der Waals surface area contributed by atoms with Crippen LogP contribution in [0.5, 0.6) is 0 Å². The molecule has 3 amide bonds. The number of hydrogen-bond acceptors (Lipinski definition) is 6. The van der Waals surface area contributed by atoms with E-state index in [9.17, 15) is 19.2 Å². The van der Waals surface area contributed by atoms with Crippen LogP contribution in [-0.4, -0.2) is 47.3 Å². The predicted molar refractivity (Wildman–Crippen MR) is 109 cm³/mol. The van der Waals surface area contributed by atoms with Crippen molar-refractivity contribution >= 4 is 40.0 Å². The van der Waals surface area contributed by atoms with Crippen molar-refractivity contribution in [3.8, 4) is 0 Å². The molecule has 1 aliphatic rings. The predicted octanol–water partition coefficient (Wildman–Crippen LogP) is 3.03. The van der Waals surface area contributed by atoms with E-state index in [0.29, 0.717) is 5.00 Å². The Bertz CT molecular complexity index is 954. The van der Waals surface area contributed by atoms with Gasteiger partial charge in [0.05, 0.1) is 11.1 Å². The summed E-state index contributed by atoms with van der Waals surface area (Å²) in [6.45, 7) is 6.29. The number of hydrogen-bond donors (Lipinski definition) is 0. The zero-order valence-corrected chi connectivity index (χ0v) is 17.5. The summed E-state index contributed by atoms with van der Waals surface area (Å²) >= 11 is 1.30. The number of aryl methyl sites for hydroxylation is 1. The van der Waals surface area contributed by atoms with Crippen molar-refractivity contribution in [2.45, 2.75) is 33.3 Å². The first-order valence-electron chi connectivity index (χ1n) is 9.10. The Morgan fingerprint density at radius 3 is 2.14 bits per heavy atom. The summed E-state index contributed by atoms with van der Waals surface area (Å²) in [6, 6.07) is 8.28. The second-order valence-electron chi connectivity index (χ2n) is 7.72. The molecule has 0 fully saturated rings. The molecule has 0 bridgehead atoms. The van der Waals surface area contributed by atoms with E-state index in [1.54, 1.807) is 45.0 Å². The summed E-state index contributed by atoms with van der Waals surface area (Å²) in [5.41, 5.74) is 0.667. The highest BCUT2D eigenvalue weighted by atomic mass is 32.1. The van der Waals surface area contributed by atoms with Crippen LogP contribution in [0.2, 0.25) is 0 Å². The number of amides is 3. The van der Waals surface area contributed by atoms with Crippen LogP contribution in [0.25, 0.3) is 0 Å². The molecule has 0 saturated carbocycles. The molecule has 3 rings (SSSR count). The molecule has 0 radical (unpaired) electrons. The number of imide groups is 1. The molecule has 1 aliphatic heterocycles. The second kappa shape index (κ2) is 7.79. The molecule has 0 unspecified atom stereocenters. The van der Waals surface area contributed by atoms with Crippen LogP contribution < -0.4 is 4.90 Å². The lowest BCUT2D eigenvalue weighted by molar-refractivity contribution is -0.153. The summed E-state index contributed by atoms with van der Waals surface area (Å²) < 4.78 is 5.34. The topological polar surface area (TPSA) is 84.0 Å². The van der Waals surface area contributed by atoms with Gasteiger partial charge in [-0.1, -0.05) is 12.1 Å². The molecule has 0 atom stereocenters. The Labute approximate surface area is 172 Å². The third-order valence-corrected chi connectivity index (χ3v) is 5.30. The summed E-state index contributed by atoms with van der Waals surface area (Å²) in [5.74, 6) is -2.13. The van der Waals surface area contributed by atoms with Crippen molar-refractivity contribution in [1.82, 2.24) is 4.90 Å². The third kappa shape index (κ3) is 4.37. The highest BCUT2D eigenvalue weighted by Crippen LogP contribution is 2.28. The quantitative estimate of drug-likeness (QED) is 0.555. The van der Waals surface area contributed by atoms with E-state index >= 15 is 0 Å². The highest BCUT2D eigenvalue weighted by Gasteiger charge is 2.38. The minimum absolute atomic E-state index is 0.274. The Morgan fingerprint density at radius 1 is 1.07 bits per heavy atom. The van der Waals surface area contributed by atoms with Gasteiger partial charge in [0.15, 0.2) is 0 Å². The van der Waals surface area contributed by atoms with Gasteiger partial charge >= 0.3 is 5.97 Å². The van der Waals surface area contributed by atoms with E-state index in [1.165, 1.54) is 16.2 Å². The first kappa shape index (κ1) is 20.7. The first-order chi connectivity index (χ1) is 13.6. The van der Waals surface area contributed by atoms with Crippen LogP contribution in [-0.2, 0) is 14.3 Å². The van der Waals surface area contributed by atoms with Gasteiger partial charge in [-0.05, 0) is 56.8 Å². The Balaban J connectivity index is 1.83. The highest BCUT2D eigenvalue weighted by molar-refractivity contribution is 7.14. The molecule has 2 heterocycles. The molecule has 0 N–H and O–H groups in total. The minimum Gasteiger partial charge on any atom is -0.459 e. The van der Waals surface area contributed by atoms with E-state index in [4.69, 9.17) is 4.74 Å². The lowest BCUT2D eigenvalue weighted by Crippen LogP contribution is -2.45. The average Bonchev–Trinajstić information content (AvgIpc) is 3.15. The number of nitrogens with zero attached hydrogens (tertiary/aromatic N) is 2. The zero-order valence-electron chi connectivity index (χ0n) is 16.7. The van der Waals surface area contributed by atoms with Crippen molar-refractivity contribution in [3.05, 3.63) is 52.4 Å². The van der Waals surface area contributed by atoms with E-state index in [2.05, 4.69) is 0 Å². The third-order valence-electron chi connectivity index (χ3n) is 4.26. The van der Waals surface area contributed by atoms with Gasteiger partial charge in [0, 0.05) is 0 Å². The smallest absolute Gasteiger partial charge is 0.326 e. The molecule has 1 aromatic heterocycles. The number of fused-ring (bicyclic) bond motifs is 1. The minimum atomic E-state index is -0.696. The number of rotatable bonds is 5. The zero-order chi connectivity index (χ0) is 21.3. The molecule has 1 aromatic carbocycles. The maximum atomic E-state index is 13.1. The fourth-order valence-corrected chi connectivity index (χ4v) is 3.97. The normalized spacial score (nSPS) is 13.4. The molecular formula is C21H22N2O5S. The van der Waals surface area contributed by atoms with Gasteiger partial charge in [-0.15, -0.1) is 11.3 Å². The van der Waals surface area contributed by atoms with Gasteiger partial charge in [0.1, 0.15) is 23.7 Å².